The molecule has 3 aromatic rings. The van der Waals surface area contributed by atoms with Crippen LogP contribution in [0.3, 0.4) is 0 Å². The Kier molecular flexibility index (Phi) is 2.76. The molecule has 0 saturated carbocycles. The fraction of sp³-hybridized carbons (Fsp3) is 0.133. The topological polar surface area (TPSA) is 20.7 Å². The summed E-state index contributed by atoms with van der Waals surface area (Å²) >= 11 is 5.29. The second-order valence-corrected chi connectivity index (χ2v) is 4.88. The van der Waals surface area contributed by atoms with Crippen molar-refractivity contribution in [1.29, 1.82) is 0 Å². The largest absolute Gasteiger partial charge is 0.352 e. The van der Waals surface area contributed by atoms with Gasteiger partial charge in [-0.3, -0.25) is 0 Å². The van der Waals surface area contributed by atoms with Gasteiger partial charge in [-0.2, -0.15) is 0 Å². The van der Waals surface area contributed by atoms with Crippen LogP contribution in [0.1, 0.15) is 11.1 Å². The zero-order valence-electron chi connectivity index (χ0n) is 10.2. The van der Waals surface area contributed by atoms with Crippen molar-refractivity contribution in [3.63, 3.8) is 0 Å². The van der Waals surface area contributed by atoms with Gasteiger partial charge in [0, 0.05) is 24.3 Å². The van der Waals surface area contributed by atoms with Crippen LogP contribution in [-0.2, 0) is 6.54 Å². The van der Waals surface area contributed by atoms with E-state index in [1.165, 1.54) is 16.6 Å². The van der Waals surface area contributed by atoms with Crippen LogP contribution in [0.25, 0.3) is 10.9 Å². The Morgan fingerprint density at radius 3 is 2.83 bits per heavy atom. The molecule has 0 bridgehead atoms. The lowest BCUT2D eigenvalue weighted by atomic mass is 10.1. The van der Waals surface area contributed by atoms with Gasteiger partial charge in [0.05, 0.1) is 5.52 Å². The Balaban J connectivity index is 2.09. The second kappa shape index (κ2) is 4.42. The summed E-state index contributed by atoms with van der Waals surface area (Å²) in [5.41, 5.74) is 3.84. The molecule has 0 aliphatic heterocycles. The first-order valence-electron chi connectivity index (χ1n) is 5.97. The number of H-pyrrole nitrogens is 1. The highest BCUT2D eigenvalue weighted by Crippen LogP contribution is 2.18. The Morgan fingerprint density at radius 2 is 2.00 bits per heavy atom. The van der Waals surface area contributed by atoms with Crippen LogP contribution in [0.2, 0.25) is 0 Å². The molecule has 90 valence electrons. The molecular weight excluding hydrogens is 240 g/mol. The first kappa shape index (κ1) is 11.2. The van der Waals surface area contributed by atoms with Crippen molar-refractivity contribution < 1.29 is 0 Å². The van der Waals surface area contributed by atoms with Crippen molar-refractivity contribution in [1.82, 2.24) is 9.55 Å². The van der Waals surface area contributed by atoms with E-state index in [0.29, 0.717) is 0 Å². The van der Waals surface area contributed by atoms with Crippen molar-refractivity contribution >= 4 is 23.1 Å². The zero-order chi connectivity index (χ0) is 12.5. The number of nitrogens with one attached hydrogen (secondary N) is 1. The van der Waals surface area contributed by atoms with Gasteiger partial charge in [0.15, 0.2) is 0 Å². The minimum Gasteiger partial charge on any atom is -0.352 e. The maximum Gasteiger partial charge on any atom is 0.112 e. The molecular formula is C15H14N2S. The number of fused-ring (bicyclic) bond motifs is 1. The van der Waals surface area contributed by atoms with Gasteiger partial charge in [-0.15, -0.1) is 0 Å². The van der Waals surface area contributed by atoms with Gasteiger partial charge in [0.25, 0.3) is 0 Å². The highest BCUT2D eigenvalue weighted by atomic mass is 32.1. The molecule has 0 atom stereocenters. The monoisotopic (exact) mass is 254 g/mol. The Hall–Kier alpha value is -1.87. The zero-order valence-corrected chi connectivity index (χ0v) is 11.0. The van der Waals surface area contributed by atoms with Crippen molar-refractivity contribution in [2.24, 2.45) is 0 Å². The average molecular weight is 254 g/mol. The number of benzene rings is 1. The molecule has 0 radical (unpaired) electrons. The lowest BCUT2D eigenvalue weighted by molar-refractivity contribution is 0.830. The van der Waals surface area contributed by atoms with Crippen LogP contribution < -0.4 is 0 Å². The van der Waals surface area contributed by atoms with Crippen LogP contribution >= 0.6 is 12.2 Å². The van der Waals surface area contributed by atoms with Crippen LogP contribution in [0.4, 0.5) is 0 Å². The molecule has 2 nitrogen and oxygen atoms in total. The minimum atomic E-state index is 0.802. The molecule has 1 N–H and O–H groups in total. The fourth-order valence-corrected chi connectivity index (χ4v) is 2.49. The number of hydrogen-bond donors (Lipinski definition) is 1. The van der Waals surface area contributed by atoms with E-state index >= 15 is 0 Å². The van der Waals surface area contributed by atoms with E-state index in [9.17, 15) is 0 Å². The van der Waals surface area contributed by atoms with Gasteiger partial charge < -0.3 is 9.55 Å². The summed E-state index contributed by atoms with van der Waals surface area (Å²) in [6.07, 6.45) is 4.00. The van der Waals surface area contributed by atoms with Gasteiger partial charge in [-0.25, -0.2) is 0 Å². The molecule has 2 heterocycles. The van der Waals surface area contributed by atoms with E-state index in [-0.39, 0.29) is 0 Å². The molecule has 2 aromatic heterocycles. The van der Waals surface area contributed by atoms with Crippen molar-refractivity contribution in [3.8, 4) is 0 Å². The average Bonchev–Trinajstić information content (AvgIpc) is 2.77. The van der Waals surface area contributed by atoms with E-state index in [4.69, 9.17) is 12.2 Å². The maximum absolute atomic E-state index is 5.29. The summed E-state index contributed by atoms with van der Waals surface area (Å²) in [4.78, 5) is 3.06. The van der Waals surface area contributed by atoms with Crippen LogP contribution in [0, 0.1) is 11.6 Å². The van der Waals surface area contributed by atoms with E-state index in [1.807, 2.05) is 6.20 Å². The molecule has 3 heteroatoms. The summed E-state index contributed by atoms with van der Waals surface area (Å²) in [6.45, 7) is 3.03. The molecule has 1 aromatic carbocycles. The molecule has 0 aliphatic carbocycles. The third-order valence-corrected chi connectivity index (χ3v) is 3.65. The standard InChI is InChI=1S/C15H14N2S/c1-11-4-2-3-5-12(11)10-17-9-7-13-14(17)6-8-16-15(13)18/h2-9H,10H2,1H3,(H,16,18). The van der Waals surface area contributed by atoms with Crippen molar-refractivity contribution in [2.75, 3.05) is 0 Å². The summed E-state index contributed by atoms with van der Waals surface area (Å²) in [7, 11) is 0. The Labute approximate surface area is 111 Å². The first-order chi connectivity index (χ1) is 8.75. The summed E-state index contributed by atoms with van der Waals surface area (Å²) in [5, 5.41) is 1.11. The number of pyridine rings is 1. The molecule has 0 aliphatic rings. The van der Waals surface area contributed by atoms with Gasteiger partial charge >= 0.3 is 0 Å². The van der Waals surface area contributed by atoms with E-state index in [2.05, 4.69) is 59.1 Å². The van der Waals surface area contributed by atoms with Crippen molar-refractivity contribution in [3.05, 3.63) is 64.6 Å². The van der Waals surface area contributed by atoms with Gasteiger partial charge in [0.1, 0.15) is 4.64 Å². The second-order valence-electron chi connectivity index (χ2n) is 4.48. The SMILES string of the molecule is Cc1ccccc1Cn1ccc2c(=S)[nH]ccc21. The molecule has 0 amide bonds. The summed E-state index contributed by atoms with van der Waals surface area (Å²) in [6, 6.07) is 12.6. The molecule has 0 saturated heterocycles. The Morgan fingerprint density at radius 1 is 1.17 bits per heavy atom. The predicted octanol–water partition coefficient (Wildman–Crippen LogP) is 4.06. The minimum absolute atomic E-state index is 0.802. The normalized spacial score (nSPS) is 10.9. The van der Waals surface area contributed by atoms with Gasteiger partial charge in [-0.1, -0.05) is 36.5 Å². The number of aromatic amines is 1. The molecule has 0 fully saturated rings. The quantitative estimate of drug-likeness (QED) is 0.684. The summed E-state index contributed by atoms with van der Waals surface area (Å²) in [5.74, 6) is 0. The maximum atomic E-state index is 5.29. The summed E-state index contributed by atoms with van der Waals surface area (Å²) < 4.78 is 3.04. The number of aryl methyl sites for hydroxylation is 1. The van der Waals surface area contributed by atoms with Crippen LogP contribution in [0.5, 0.6) is 0 Å². The third-order valence-electron chi connectivity index (χ3n) is 3.31. The molecule has 3 rings (SSSR count). The molecule has 0 unspecified atom stereocenters. The van der Waals surface area contributed by atoms with Gasteiger partial charge in [-0.05, 0) is 30.2 Å². The Bertz CT molecular complexity index is 752. The van der Waals surface area contributed by atoms with E-state index in [1.54, 1.807) is 0 Å². The molecule has 0 spiro atoms. The van der Waals surface area contributed by atoms with E-state index < -0.39 is 0 Å². The lowest BCUT2D eigenvalue weighted by Crippen LogP contribution is -1.99. The van der Waals surface area contributed by atoms with Crippen LogP contribution in [0.15, 0.2) is 48.8 Å². The lowest BCUT2D eigenvalue weighted by Gasteiger charge is -2.08. The van der Waals surface area contributed by atoms with Gasteiger partial charge in [0.2, 0.25) is 0 Å². The smallest absolute Gasteiger partial charge is 0.112 e. The number of aromatic nitrogens is 2. The van der Waals surface area contributed by atoms with Crippen molar-refractivity contribution in [2.45, 2.75) is 13.5 Å². The highest BCUT2D eigenvalue weighted by Gasteiger charge is 2.04. The highest BCUT2D eigenvalue weighted by molar-refractivity contribution is 7.71. The third kappa shape index (κ3) is 1.87. The number of rotatable bonds is 2. The predicted molar refractivity (Wildman–Crippen MR) is 77.4 cm³/mol. The fourth-order valence-electron chi connectivity index (χ4n) is 2.25. The number of hydrogen-bond acceptors (Lipinski definition) is 1. The first-order valence-corrected chi connectivity index (χ1v) is 6.37. The van der Waals surface area contributed by atoms with Crippen LogP contribution in [-0.4, -0.2) is 9.55 Å². The molecule has 18 heavy (non-hydrogen) atoms. The van der Waals surface area contributed by atoms with E-state index in [0.717, 1.165) is 16.6 Å². The number of nitrogens with zero attached hydrogens (tertiary/aromatic N) is 1.